The highest BCUT2D eigenvalue weighted by molar-refractivity contribution is 5.86. The van der Waals surface area contributed by atoms with Crippen LogP contribution in [-0.4, -0.2) is 23.0 Å². The van der Waals surface area contributed by atoms with E-state index < -0.39 is 5.97 Å². The van der Waals surface area contributed by atoms with Crippen LogP contribution in [0.25, 0.3) is 0 Å². The summed E-state index contributed by atoms with van der Waals surface area (Å²) in [7, 11) is 1.32. The second kappa shape index (κ2) is 5.28. The molecule has 1 aromatic carbocycles. The molecular formula is C15H15N3O2. The fraction of sp³-hybridized carbons (Fsp3) is 0.267. The monoisotopic (exact) mass is 269 g/mol. The lowest BCUT2D eigenvalue weighted by molar-refractivity contribution is 0.0593. The Kier molecular flexibility index (Phi) is 3.33. The van der Waals surface area contributed by atoms with Crippen molar-refractivity contribution in [1.29, 1.82) is 0 Å². The first-order valence-corrected chi connectivity index (χ1v) is 6.55. The molecule has 0 amide bonds. The smallest absolute Gasteiger partial charge is 0.358 e. The number of hydrogen-bond donors (Lipinski definition) is 1. The Bertz CT molecular complexity index is 638. The maximum Gasteiger partial charge on any atom is 0.358 e. The molecule has 0 unspecified atom stereocenters. The molecule has 0 aliphatic heterocycles. The van der Waals surface area contributed by atoms with Crippen molar-refractivity contribution in [3.05, 3.63) is 47.4 Å². The number of benzene rings is 1. The van der Waals surface area contributed by atoms with Gasteiger partial charge in [-0.25, -0.2) is 14.8 Å². The standard InChI is InChI=1S/C15H15N3O2/c1-20-15(19)13-8-17-14(9-16-13)18-12-6-5-10-3-2-4-11(10)7-12/h5-9H,2-4H2,1H3,(H,17,18). The summed E-state index contributed by atoms with van der Waals surface area (Å²) in [5, 5.41) is 3.19. The van der Waals surface area contributed by atoms with Crippen LogP contribution >= 0.6 is 0 Å². The Hall–Kier alpha value is -2.43. The second-order valence-electron chi connectivity index (χ2n) is 4.74. The lowest BCUT2D eigenvalue weighted by atomic mass is 10.1. The summed E-state index contributed by atoms with van der Waals surface area (Å²) in [6.45, 7) is 0. The first kappa shape index (κ1) is 12.6. The third-order valence-corrected chi connectivity index (χ3v) is 3.42. The van der Waals surface area contributed by atoms with Gasteiger partial charge in [-0.1, -0.05) is 6.07 Å². The zero-order valence-electron chi connectivity index (χ0n) is 11.2. The summed E-state index contributed by atoms with van der Waals surface area (Å²) >= 11 is 0. The molecule has 0 spiro atoms. The number of aryl methyl sites for hydroxylation is 2. The first-order chi connectivity index (χ1) is 9.76. The van der Waals surface area contributed by atoms with Gasteiger partial charge in [0.15, 0.2) is 5.69 Å². The van der Waals surface area contributed by atoms with Crippen molar-refractivity contribution in [2.75, 3.05) is 12.4 Å². The van der Waals surface area contributed by atoms with Gasteiger partial charge in [0.25, 0.3) is 0 Å². The number of fused-ring (bicyclic) bond motifs is 1. The molecule has 0 saturated heterocycles. The number of anilines is 2. The van der Waals surface area contributed by atoms with Gasteiger partial charge in [-0.2, -0.15) is 0 Å². The topological polar surface area (TPSA) is 64.1 Å². The summed E-state index contributed by atoms with van der Waals surface area (Å²) < 4.78 is 4.58. The summed E-state index contributed by atoms with van der Waals surface area (Å²) in [6.07, 6.45) is 6.47. The van der Waals surface area contributed by atoms with Gasteiger partial charge in [-0.15, -0.1) is 0 Å². The number of carbonyl (C=O) groups excluding carboxylic acids is 1. The SMILES string of the molecule is COC(=O)c1cnc(Nc2ccc3c(c2)CCC3)cn1. The molecule has 5 heteroatoms. The molecule has 0 bridgehead atoms. The summed E-state index contributed by atoms with van der Waals surface area (Å²) in [4.78, 5) is 19.4. The third-order valence-electron chi connectivity index (χ3n) is 3.42. The van der Waals surface area contributed by atoms with E-state index in [0.717, 1.165) is 12.1 Å². The minimum absolute atomic E-state index is 0.201. The Morgan fingerprint density at radius 3 is 2.80 bits per heavy atom. The maximum atomic E-state index is 11.3. The number of rotatable bonds is 3. The van der Waals surface area contributed by atoms with Crippen molar-refractivity contribution in [3.63, 3.8) is 0 Å². The molecular weight excluding hydrogens is 254 g/mol. The van der Waals surface area contributed by atoms with Gasteiger partial charge in [0.1, 0.15) is 5.82 Å². The number of aromatic nitrogens is 2. The van der Waals surface area contributed by atoms with Crippen LogP contribution in [0.15, 0.2) is 30.6 Å². The van der Waals surface area contributed by atoms with Crippen LogP contribution in [-0.2, 0) is 17.6 Å². The van der Waals surface area contributed by atoms with Crippen LogP contribution in [0.2, 0.25) is 0 Å². The fourth-order valence-electron chi connectivity index (χ4n) is 2.40. The number of esters is 1. The van der Waals surface area contributed by atoms with Crippen LogP contribution in [0, 0.1) is 0 Å². The average molecular weight is 269 g/mol. The number of ether oxygens (including phenoxy) is 1. The summed E-state index contributed by atoms with van der Waals surface area (Å²) in [6, 6.07) is 6.35. The molecule has 5 nitrogen and oxygen atoms in total. The molecule has 3 rings (SSSR count). The Morgan fingerprint density at radius 2 is 2.05 bits per heavy atom. The molecule has 1 N–H and O–H groups in total. The number of hydrogen-bond acceptors (Lipinski definition) is 5. The zero-order chi connectivity index (χ0) is 13.9. The van der Waals surface area contributed by atoms with E-state index >= 15 is 0 Å². The zero-order valence-corrected chi connectivity index (χ0v) is 11.2. The lowest BCUT2D eigenvalue weighted by Crippen LogP contribution is -2.05. The molecule has 1 aromatic heterocycles. The molecule has 1 heterocycles. The minimum Gasteiger partial charge on any atom is -0.464 e. The summed E-state index contributed by atoms with van der Waals surface area (Å²) in [5.41, 5.74) is 4.02. The van der Waals surface area contributed by atoms with Crippen molar-refractivity contribution in [2.24, 2.45) is 0 Å². The molecule has 2 aromatic rings. The van der Waals surface area contributed by atoms with Gasteiger partial charge in [0.2, 0.25) is 0 Å². The fourth-order valence-corrected chi connectivity index (χ4v) is 2.40. The Morgan fingerprint density at radius 1 is 1.20 bits per heavy atom. The van der Waals surface area contributed by atoms with E-state index in [2.05, 4.69) is 32.2 Å². The molecule has 0 fully saturated rings. The Balaban J connectivity index is 1.76. The van der Waals surface area contributed by atoms with E-state index in [9.17, 15) is 4.79 Å². The van der Waals surface area contributed by atoms with Crippen LogP contribution in [0.5, 0.6) is 0 Å². The minimum atomic E-state index is -0.485. The quantitative estimate of drug-likeness (QED) is 0.867. The largest absolute Gasteiger partial charge is 0.464 e. The van der Waals surface area contributed by atoms with Gasteiger partial charge in [-0.05, 0) is 42.5 Å². The molecule has 1 aliphatic carbocycles. The average Bonchev–Trinajstić information content (AvgIpc) is 2.95. The highest BCUT2D eigenvalue weighted by Gasteiger charge is 2.11. The molecule has 102 valence electrons. The Labute approximate surface area is 117 Å². The van der Waals surface area contributed by atoms with E-state index in [0.29, 0.717) is 5.82 Å². The van der Waals surface area contributed by atoms with Crippen LogP contribution in [0.4, 0.5) is 11.5 Å². The van der Waals surface area contributed by atoms with Gasteiger partial charge in [0, 0.05) is 5.69 Å². The van der Waals surface area contributed by atoms with E-state index in [1.54, 1.807) is 0 Å². The van der Waals surface area contributed by atoms with E-state index in [1.807, 2.05) is 6.07 Å². The van der Waals surface area contributed by atoms with Crippen molar-refractivity contribution in [2.45, 2.75) is 19.3 Å². The molecule has 0 saturated carbocycles. The van der Waals surface area contributed by atoms with E-state index in [-0.39, 0.29) is 5.69 Å². The van der Waals surface area contributed by atoms with Crippen molar-refractivity contribution in [3.8, 4) is 0 Å². The molecule has 1 aliphatic rings. The normalized spacial score (nSPS) is 12.8. The number of nitrogens with one attached hydrogen (secondary N) is 1. The molecule has 0 atom stereocenters. The number of carbonyl (C=O) groups is 1. The van der Waals surface area contributed by atoms with Crippen LogP contribution < -0.4 is 5.32 Å². The second-order valence-corrected chi connectivity index (χ2v) is 4.74. The van der Waals surface area contributed by atoms with Crippen molar-refractivity contribution < 1.29 is 9.53 Å². The predicted molar refractivity (Wildman–Crippen MR) is 75.1 cm³/mol. The summed E-state index contributed by atoms with van der Waals surface area (Å²) in [5.74, 6) is 0.122. The van der Waals surface area contributed by atoms with E-state index in [1.165, 1.54) is 43.5 Å². The van der Waals surface area contributed by atoms with Gasteiger partial charge in [0.05, 0.1) is 19.5 Å². The third kappa shape index (κ3) is 2.47. The highest BCUT2D eigenvalue weighted by Crippen LogP contribution is 2.26. The predicted octanol–water partition coefficient (Wildman–Crippen LogP) is 2.50. The van der Waals surface area contributed by atoms with Crippen LogP contribution in [0.1, 0.15) is 28.0 Å². The molecule has 20 heavy (non-hydrogen) atoms. The number of nitrogens with zero attached hydrogens (tertiary/aromatic N) is 2. The van der Waals surface area contributed by atoms with E-state index in [4.69, 9.17) is 0 Å². The maximum absolute atomic E-state index is 11.3. The van der Waals surface area contributed by atoms with Crippen LogP contribution in [0.3, 0.4) is 0 Å². The first-order valence-electron chi connectivity index (χ1n) is 6.55. The van der Waals surface area contributed by atoms with Gasteiger partial charge in [-0.3, -0.25) is 0 Å². The van der Waals surface area contributed by atoms with Gasteiger partial charge < -0.3 is 10.1 Å². The van der Waals surface area contributed by atoms with Crippen molar-refractivity contribution in [1.82, 2.24) is 9.97 Å². The lowest BCUT2D eigenvalue weighted by Gasteiger charge is -2.07. The van der Waals surface area contributed by atoms with Crippen molar-refractivity contribution >= 4 is 17.5 Å². The highest BCUT2D eigenvalue weighted by atomic mass is 16.5. The number of methoxy groups -OCH3 is 1. The molecule has 0 radical (unpaired) electrons. The van der Waals surface area contributed by atoms with Gasteiger partial charge >= 0.3 is 5.97 Å².